The number of aromatic nitrogens is 1. The molecule has 0 atom stereocenters. The Morgan fingerprint density at radius 3 is 2.94 bits per heavy atom. The highest BCUT2D eigenvalue weighted by Gasteiger charge is 2.18. The summed E-state index contributed by atoms with van der Waals surface area (Å²) in [6.45, 7) is 2.89. The van der Waals surface area contributed by atoms with Crippen LogP contribution in [0.15, 0.2) is 6.07 Å². The quantitative estimate of drug-likeness (QED) is 0.786. The largest absolute Gasteiger partial charge is 0.478 e. The second-order valence-electron chi connectivity index (χ2n) is 4.78. The van der Waals surface area contributed by atoms with E-state index in [0.29, 0.717) is 11.4 Å². The molecule has 1 aromatic rings. The van der Waals surface area contributed by atoms with Crippen molar-refractivity contribution in [1.29, 1.82) is 0 Å². The van der Waals surface area contributed by atoms with Crippen LogP contribution < -0.4 is 5.32 Å². The molecular weight excluding hydrogens is 228 g/mol. The van der Waals surface area contributed by atoms with Gasteiger partial charge in [-0.05, 0) is 43.7 Å². The average molecular weight is 248 g/mol. The van der Waals surface area contributed by atoms with Crippen LogP contribution in [0.3, 0.4) is 0 Å². The van der Waals surface area contributed by atoms with Crippen LogP contribution in [0.2, 0.25) is 0 Å². The Hall–Kier alpha value is -1.58. The topological polar surface area (TPSA) is 62.2 Å². The molecule has 0 bridgehead atoms. The van der Waals surface area contributed by atoms with Gasteiger partial charge in [0.1, 0.15) is 11.4 Å². The van der Waals surface area contributed by atoms with Gasteiger partial charge in [0, 0.05) is 12.2 Å². The number of nitrogens with zero attached hydrogens (tertiary/aromatic N) is 1. The van der Waals surface area contributed by atoms with Gasteiger partial charge < -0.3 is 10.4 Å². The maximum absolute atomic E-state index is 11.3. The summed E-state index contributed by atoms with van der Waals surface area (Å²) in [4.78, 5) is 15.8. The summed E-state index contributed by atoms with van der Waals surface area (Å²) >= 11 is 0. The molecule has 1 aliphatic carbocycles. The maximum atomic E-state index is 11.3. The van der Waals surface area contributed by atoms with Gasteiger partial charge in [0.2, 0.25) is 0 Å². The van der Waals surface area contributed by atoms with Gasteiger partial charge in [-0.15, -0.1) is 0 Å². The summed E-state index contributed by atoms with van der Waals surface area (Å²) in [5.41, 5.74) is 2.50. The zero-order valence-corrected chi connectivity index (χ0v) is 10.8. The van der Waals surface area contributed by atoms with Crippen molar-refractivity contribution in [2.45, 2.75) is 45.4 Å². The van der Waals surface area contributed by atoms with Crippen LogP contribution in [0.1, 0.15) is 54.2 Å². The molecule has 1 aliphatic rings. The molecule has 0 unspecified atom stereocenters. The van der Waals surface area contributed by atoms with Gasteiger partial charge in [-0.1, -0.05) is 13.3 Å². The predicted molar refractivity (Wildman–Crippen MR) is 71.2 cm³/mol. The summed E-state index contributed by atoms with van der Waals surface area (Å²) < 4.78 is 0. The monoisotopic (exact) mass is 248 g/mol. The van der Waals surface area contributed by atoms with E-state index in [9.17, 15) is 9.90 Å². The van der Waals surface area contributed by atoms with Crippen molar-refractivity contribution in [3.63, 3.8) is 0 Å². The number of carbonyl (C=O) groups is 1. The number of aromatic carboxylic acids is 1. The Morgan fingerprint density at radius 2 is 2.22 bits per heavy atom. The fraction of sp³-hybridized carbons (Fsp3) is 0.571. The minimum absolute atomic E-state index is 0.312. The molecule has 1 heterocycles. The van der Waals surface area contributed by atoms with Crippen LogP contribution in [-0.4, -0.2) is 22.6 Å². The lowest BCUT2D eigenvalue weighted by molar-refractivity contribution is 0.0697. The number of carboxylic acids is 1. The van der Waals surface area contributed by atoms with E-state index in [1.54, 1.807) is 6.07 Å². The van der Waals surface area contributed by atoms with Crippen molar-refractivity contribution in [2.24, 2.45) is 0 Å². The average Bonchev–Trinajstić information content (AvgIpc) is 2.38. The standard InChI is InChI=1S/C14H20N2O2/c1-2-3-8-15-13-11(14(17)18)9-10-6-4-5-7-12(10)16-13/h9H,2-8H2,1H3,(H,15,16)(H,17,18). The highest BCUT2D eigenvalue weighted by atomic mass is 16.4. The molecule has 1 aromatic heterocycles. The number of rotatable bonds is 5. The normalized spacial score (nSPS) is 14.1. The van der Waals surface area contributed by atoms with Crippen molar-refractivity contribution >= 4 is 11.8 Å². The third kappa shape index (κ3) is 2.81. The molecule has 0 aromatic carbocycles. The van der Waals surface area contributed by atoms with E-state index >= 15 is 0 Å². The Labute approximate surface area is 107 Å². The first-order valence-electron chi connectivity index (χ1n) is 6.72. The third-order valence-electron chi connectivity index (χ3n) is 3.35. The number of hydrogen-bond donors (Lipinski definition) is 2. The van der Waals surface area contributed by atoms with E-state index in [-0.39, 0.29) is 0 Å². The summed E-state index contributed by atoms with van der Waals surface area (Å²) in [5, 5.41) is 12.4. The predicted octanol–water partition coefficient (Wildman–Crippen LogP) is 2.87. The second kappa shape index (κ2) is 5.85. The Bertz CT molecular complexity index is 444. The molecule has 0 saturated heterocycles. The van der Waals surface area contributed by atoms with Crippen LogP contribution in [-0.2, 0) is 12.8 Å². The zero-order chi connectivity index (χ0) is 13.0. The Balaban J connectivity index is 2.27. The van der Waals surface area contributed by atoms with Gasteiger partial charge in [0.05, 0.1) is 0 Å². The van der Waals surface area contributed by atoms with E-state index in [0.717, 1.165) is 56.3 Å². The molecular formula is C14H20N2O2. The van der Waals surface area contributed by atoms with Crippen LogP contribution in [0.25, 0.3) is 0 Å². The first-order chi connectivity index (χ1) is 8.72. The first kappa shape index (κ1) is 12.9. The number of pyridine rings is 1. The molecule has 0 aliphatic heterocycles. The number of carboxylic acid groups (broad SMARTS) is 1. The highest BCUT2D eigenvalue weighted by molar-refractivity contribution is 5.93. The molecule has 0 saturated carbocycles. The van der Waals surface area contributed by atoms with Gasteiger partial charge in [0.15, 0.2) is 0 Å². The van der Waals surface area contributed by atoms with Crippen molar-refractivity contribution in [1.82, 2.24) is 4.98 Å². The molecule has 98 valence electrons. The van der Waals surface area contributed by atoms with Crippen molar-refractivity contribution in [3.05, 3.63) is 22.9 Å². The smallest absolute Gasteiger partial charge is 0.339 e. The van der Waals surface area contributed by atoms with Crippen LogP contribution >= 0.6 is 0 Å². The number of aryl methyl sites for hydroxylation is 2. The van der Waals surface area contributed by atoms with E-state index < -0.39 is 5.97 Å². The van der Waals surface area contributed by atoms with Crippen LogP contribution in [0.5, 0.6) is 0 Å². The Kier molecular flexibility index (Phi) is 4.18. The third-order valence-corrected chi connectivity index (χ3v) is 3.35. The maximum Gasteiger partial charge on any atom is 0.339 e. The molecule has 0 amide bonds. The van der Waals surface area contributed by atoms with Crippen molar-refractivity contribution < 1.29 is 9.90 Å². The fourth-order valence-corrected chi connectivity index (χ4v) is 2.32. The number of anilines is 1. The summed E-state index contributed by atoms with van der Waals surface area (Å²) in [6.07, 6.45) is 6.32. The van der Waals surface area contributed by atoms with Gasteiger partial charge in [0.25, 0.3) is 0 Å². The molecule has 4 heteroatoms. The van der Waals surface area contributed by atoms with Gasteiger partial charge >= 0.3 is 5.97 Å². The molecule has 2 N–H and O–H groups in total. The minimum Gasteiger partial charge on any atom is -0.478 e. The molecule has 18 heavy (non-hydrogen) atoms. The molecule has 4 nitrogen and oxygen atoms in total. The number of hydrogen-bond acceptors (Lipinski definition) is 3. The van der Waals surface area contributed by atoms with E-state index in [1.165, 1.54) is 0 Å². The van der Waals surface area contributed by atoms with Crippen molar-refractivity contribution in [2.75, 3.05) is 11.9 Å². The molecule has 2 rings (SSSR count). The van der Waals surface area contributed by atoms with Crippen LogP contribution in [0.4, 0.5) is 5.82 Å². The summed E-state index contributed by atoms with van der Waals surface area (Å²) in [5.74, 6) is -0.355. The molecule has 0 fully saturated rings. The Morgan fingerprint density at radius 1 is 1.44 bits per heavy atom. The highest BCUT2D eigenvalue weighted by Crippen LogP contribution is 2.24. The summed E-state index contributed by atoms with van der Waals surface area (Å²) in [7, 11) is 0. The minimum atomic E-state index is -0.894. The van der Waals surface area contributed by atoms with Crippen LogP contribution in [0, 0.1) is 0 Å². The number of nitrogens with one attached hydrogen (secondary N) is 1. The van der Waals surface area contributed by atoms with E-state index in [4.69, 9.17) is 0 Å². The van der Waals surface area contributed by atoms with E-state index in [1.807, 2.05) is 0 Å². The van der Waals surface area contributed by atoms with Crippen molar-refractivity contribution in [3.8, 4) is 0 Å². The molecule has 0 radical (unpaired) electrons. The fourth-order valence-electron chi connectivity index (χ4n) is 2.32. The van der Waals surface area contributed by atoms with Gasteiger partial charge in [-0.3, -0.25) is 0 Å². The lowest BCUT2D eigenvalue weighted by Crippen LogP contribution is -2.14. The molecule has 0 spiro atoms. The second-order valence-corrected chi connectivity index (χ2v) is 4.78. The zero-order valence-electron chi connectivity index (χ0n) is 10.8. The van der Waals surface area contributed by atoms with E-state index in [2.05, 4.69) is 17.2 Å². The van der Waals surface area contributed by atoms with Gasteiger partial charge in [-0.2, -0.15) is 0 Å². The summed E-state index contributed by atoms with van der Waals surface area (Å²) in [6, 6.07) is 1.80. The first-order valence-corrected chi connectivity index (χ1v) is 6.72. The SMILES string of the molecule is CCCCNc1nc2c(cc1C(=O)O)CCCC2. The number of unbranched alkanes of at least 4 members (excludes halogenated alkanes) is 1. The lowest BCUT2D eigenvalue weighted by Gasteiger charge is -2.18. The number of fused-ring (bicyclic) bond motifs is 1. The lowest BCUT2D eigenvalue weighted by atomic mass is 9.94. The van der Waals surface area contributed by atoms with Gasteiger partial charge in [-0.25, -0.2) is 9.78 Å².